The van der Waals surface area contributed by atoms with E-state index in [0.29, 0.717) is 12.1 Å². The molecule has 0 amide bonds. The Morgan fingerprint density at radius 1 is 1.04 bits per heavy atom. The third kappa shape index (κ3) is 4.20. The van der Waals surface area contributed by atoms with Gasteiger partial charge in [-0.05, 0) is 30.2 Å². The zero-order chi connectivity index (χ0) is 17.0. The number of hydrogen-bond acceptors (Lipinski definition) is 2. The molecule has 0 saturated heterocycles. The van der Waals surface area contributed by atoms with E-state index in [1.54, 1.807) is 18.2 Å². The topological polar surface area (TPSA) is 46.2 Å². The van der Waals surface area contributed by atoms with Gasteiger partial charge in [0.05, 0.1) is 4.90 Å². The first kappa shape index (κ1) is 17.2. The molecule has 0 radical (unpaired) electrons. The van der Waals surface area contributed by atoms with Gasteiger partial charge < -0.3 is 0 Å². The lowest BCUT2D eigenvalue weighted by molar-refractivity contribution is 0.487. The summed E-state index contributed by atoms with van der Waals surface area (Å²) in [6, 6.07) is 7.86. The number of sulfonamides is 1. The van der Waals surface area contributed by atoms with Gasteiger partial charge in [-0.3, -0.25) is 0 Å². The highest BCUT2D eigenvalue weighted by atomic mass is 32.2. The molecule has 0 bridgehead atoms. The van der Waals surface area contributed by atoms with Gasteiger partial charge >= 0.3 is 0 Å². The maximum atomic E-state index is 13.7. The number of hydrogen-bond donors (Lipinski definition) is 1. The van der Waals surface area contributed by atoms with Crippen molar-refractivity contribution in [2.75, 3.05) is 0 Å². The van der Waals surface area contributed by atoms with Gasteiger partial charge in [0, 0.05) is 12.1 Å². The van der Waals surface area contributed by atoms with Crippen molar-refractivity contribution < 1.29 is 21.6 Å². The Bertz CT molecular complexity index is 808. The van der Waals surface area contributed by atoms with Crippen LogP contribution in [0.25, 0.3) is 0 Å². The Balaban J connectivity index is 2.22. The highest BCUT2D eigenvalue weighted by molar-refractivity contribution is 7.89. The van der Waals surface area contributed by atoms with Crippen molar-refractivity contribution in [3.05, 3.63) is 78.1 Å². The molecule has 0 aliphatic carbocycles. The largest absolute Gasteiger partial charge is 0.241 e. The molecule has 0 unspecified atom stereocenters. The van der Waals surface area contributed by atoms with Crippen LogP contribution in [-0.4, -0.2) is 14.5 Å². The zero-order valence-corrected chi connectivity index (χ0v) is 12.8. The molecule has 2 rings (SSSR count). The summed E-state index contributed by atoms with van der Waals surface area (Å²) in [7, 11) is -3.83. The summed E-state index contributed by atoms with van der Waals surface area (Å²) < 4.78 is 66.6. The van der Waals surface area contributed by atoms with Gasteiger partial charge in [0.2, 0.25) is 10.0 Å². The standard InChI is InChI=1S/C16H14F3NO2S/c1-2-12(8-11-9-15(18)16(19)10-14(11)17)20-23(21,22)13-6-4-3-5-7-13/h2-7,9-10,12,20H,1,8H2/t12-/m1/s1. The summed E-state index contributed by atoms with van der Waals surface area (Å²) in [5.41, 5.74) is -0.149. The van der Waals surface area contributed by atoms with Crippen LogP contribution in [0.1, 0.15) is 5.56 Å². The van der Waals surface area contributed by atoms with Crippen LogP contribution >= 0.6 is 0 Å². The first-order chi connectivity index (χ1) is 10.8. The second kappa shape index (κ2) is 6.97. The molecule has 0 aliphatic heterocycles. The van der Waals surface area contributed by atoms with Crippen LogP contribution in [-0.2, 0) is 16.4 Å². The Kier molecular flexibility index (Phi) is 5.23. The van der Waals surface area contributed by atoms with Crippen molar-refractivity contribution in [1.29, 1.82) is 0 Å². The van der Waals surface area contributed by atoms with Gasteiger partial charge in [-0.2, -0.15) is 0 Å². The average Bonchev–Trinajstić information content (AvgIpc) is 2.52. The molecule has 0 heterocycles. The molecular formula is C16H14F3NO2S. The molecule has 23 heavy (non-hydrogen) atoms. The lowest BCUT2D eigenvalue weighted by atomic mass is 10.1. The van der Waals surface area contributed by atoms with Gasteiger partial charge in [-0.15, -0.1) is 6.58 Å². The number of nitrogens with one attached hydrogen (secondary N) is 1. The van der Waals surface area contributed by atoms with Gasteiger partial charge in [0.1, 0.15) is 5.82 Å². The van der Waals surface area contributed by atoms with E-state index in [2.05, 4.69) is 11.3 Å². The third-order valence-electron chi connectivity index (χ3n) is 3.17. The zero-order valence-electron chi connectivity index (χ0n) is 12.0. The van der Waals surface area contributed by atoms with E-state index < -0.39 is 33.5 Å². The molecule has 0 aromatic heterocycles. The quantitative estimate of drug-likeness (QED) is 0.648. The predicted molar refractivity (Wildman–Crippen MR) is 80.8 cm³/mol. The fourth-order valence-electron chi connectivity index (χ4n) is 2.00. The van der Waals surface area contributed by atoms with Crippen molar-refractivity contribution in [2.45, 2.75) is 17.4 Å². The second-order valence-corrected chi connectivity index (χ2v) is 6.55. The maximum Gasteiger partial charge on any atom is 0.241 e. The lowest BCUT2D eigenvalue weighted by Crippen LogP contribution is -2.35. The molecule has 1 N–H and O–H groups in total. The number of rotatable bonds is 6. The van der Waals surface area contributed by atoms with Crippen molar-refractivity contribution >= 4 is 10.0 Å². The molecule has 0 fully saturated rings. The van der Waals surface area contributed by atoms with Crippen LogP contribution in [0.2, 0.25) is 0 Å². The summed E-state index contributed by atoms with van der Waals surface area (Å²) >= 11 is 0. The molecular weight excluding hydrogens is 327 g/mol. The fraction of sp³-hybridized carbons (Fsp3) is 0.125. The van der Waals surface area contributed by atoms with E-state index in [-0.39, 0.29) is 16.9 Å². The Morgan fingerprint density at radius 2 is 1.65 bits per heavy atom. The van der Waals surface area contributed by atoms with Crippen LogP contribution in [0, 0.1) is 17.5 Å². The van der Waals surface area contributed by atoms with Gasteiger partial charge in [-0.1, -0.05) is 24.3 Å². The Labute approximate surface area is 132 Å². The highest BCUT2D eigenvalue weighted by Gasteiger charge is 2.20. The Morgan fingerprint density at radius 3 is 2.26 bits per heavy atom. The van der Waals surface area contributed by atoms with Crippen LogP contribution in [0.4, 0.5) is 13.2 Å². The van der Waals surface area contributed by atoms with E-state index >= 15 is 0 Å². The molecule has 0 spiro atoms. The number of halogens is 3. The monoisotopic (exact) mass is 341 g/mol. The molecule has 3 nitrogen and oxygen atoms in total. The molecule has 0 aliphatic rings. The van der Waals surface area contributed by atoms with Crippen molar-refractivity contribution in [3.63, 3.8) is 0 Å². The maximum absolute atomic E-state index is 13.7. The van der Waals surface area contributed by atoms with Gasteiger partial charge in [0.15, 0.2) is 11.6 Å². The smallest absolute Gasteiger partial charge is 0.207 e. The van der Waals surface area contributed by atoms with E-state index in [9.17, 15) is 21.6 Å². The third-order valence-corrected chi connectivity index (χ3v) is 4.68. The van der Waals surface area contributed by atoms with Gasteiger partial charge in [0.25, 0.3) is 0 Å². The van der Waals surface area contributed by atoms with Gasteiger partial charge in [-0.25, -0.2) is 26.3 Å². The normalized spacial score (nSPS) is 12.8. The summed E-state index contributed by atoms with van der Waals surface area (Å²) in [6.07, 6.45) is 1.07. The molecule has 7 heteroatoms. The first-order valence-electron chi connectivity index (χ1n) is 6.67. The van der Waals surface area contributed by atoms with E-state index in [1.807, 2.05) is 0 Å². The minimum atomic E-state index is -3.83. The first-order valence-corrected chi connectivity index (χ1v) is 8.15. The summed E-state index contributed by atoms with van der Waals surface area (Å²) in [5, 5.41) is 0. The van der Waals surface area contributed by atoms with E-state index in [0.717, 1.165) is 0 Å². The van der Waals surface area contributed by atoms with Crippen molar-refractivity contribution in [1.82, 2.24) is 4.72 Å². The van der Waals surface area contributed by atoms with Crippen molar-refractivity contribution in [2.24, 2.45) is 0 Å². The SMILES string of the molecule is C=C[C@H](Cc1cc(F)c(F)cc1F)NS(=O)(=O)c1ccccc1. The average molecular weight is 341 g/mol. The molecule has 2 aromatic carbocycles. The van der Waals surface area contributed by atoms with Crippen LogP contribution in [0.5, 0.6) is 0 Å². The highest BCUT2D eigenvalue weighted by Crippen LogP contribution is 2.17. The van der Waals surface area contributed by atoms with Crippen LogP contribution < -0.4 is 4.72 Å². The molecule has 1 atom stereocenters. The fourth-order valence-corrected chi connectivity index (χ4v) is 3.23. The van der Waals surface area contributed by atoms with Crippen LogP contribution in [0.3, 0.4) is 0 Å². The molecule has 122 valence electrons. The molecule has 2 aromatic rings. The summed E-state index contributed by atoms with van der Waals surface area (Å²) in [4.78, 5) is 0.0395. The minimum absolute atomic E-state index is 0.0395. The van der Waals surface area contributed by atoms with Crippen molar-refractivity contribution in [3.8, 4) is 0 Å². The predicted octanol–water partition coefficient (Wildman–Crippen LogP) is 3.18. The number of benzene rings is 2. The summed E-state index contributed by atoms with van der Waals surface area (Å²) in [6.45, 7) is 3.49. The van der Waals surface area contributed by atoms with Crippen LogP contribution in [0.15, 0.2) is 60.0 Å². The Hall–Kier alpha value is -2.12. The van der Waals surface area contributed by atoms with E-state index in [4.69, 9.17) is 0 Å². The lowest BCUT2D eigenvalue weighted by Gasteiger charge is -2.16. The minimum Gasteiger partial charge on any atom is -0.207 e. The molecule has 0 saturated carbocycles. The van der Waals surface area contributed by atoms with E-state index in [1.165, 1.54) is 18.2 Å². The second-order valence-electron chi connectivity index (χ2n) is 4.84. The summed E-state index contributed by atoms with van der Waals surface area (Å²) in [5.74, 6) is -3.45.